The molecule has 0 radical (unpaired) electrons. The molecule has 0 fully saturated rings. The van der Waals surface area contributed by atoms with Crippen molar-refractivity contribution in [2.24, 2.45) is 0 Å². The van der Waals surface area contributed by atoms with Crippen molar-refractivity contribution in [3.8, 4) is 45.3 Å². The van der Waals surface area contributed by atoms with E-state index >= 15 is 0 Å². The zero-order valence-corrected chi connectivity index (χ0v) is 25.6. The van der Waals surface area contributed by atoms with Crippen LogP contribution in [0.2, 0.25) is 0 Å². The second kappa shape index (κ2) is 10.5. The van der Waals surface area contributed by atoms with Gasteiger partial charge in [0.25, 0.3) is 0 Å². The quantitative estimate of drug-likeness (QED) is 0.197. The van der Waals surface area contributed by atoms with Gasteiger partial charge in [-0.3, -0.25) is 0 Å². The zero-order chi connectivity index (χ0) is 31.6. The summed E-state index contributed by atoms with van der Waals surface area (Å²) in [5.74, 6) is 1.79. The van der Waals surface area contributed by atoms with Crippen molar-refractivity contribution in [2.45, 2.75) is 0 Å². The van der Waals surface area contributed by atoms with Crippen molar-refractivity contribution >= 4 is 54.6 Å². The molecule has 0 amide bonds. The molecule has 0 saturated carbocycles. The van der Waals surface area contributed by atoms with Gasteiger partial charge in [0.15, 0.2) is 17.5 Å². The molecule has 0 atom stereocenters. The zero-order valence-electron chi connectivity index (χ0n) is 25.6. The van der Waals surface area contributed by atoms with Gasteiger partial charge < -0.3 is 8.83 Å². The molecule has 0 spiro atoms. The van der Waals surface area contributed by atoms with Gasteiger partial charge in [-0.2, -0.15) is 0 Å². The predicted molar refractivity (Wildman–Crippen MR) is 194 cm³/mol. The Morgan fingerprint density at radius 1 is 0.333 bits per heavy atom. The fraction of sp³-hybridized carbons (Fsp3) is 0. The highest BCUT2D eigenvalue weighted by Crippen LogP contribution is 2.38. The van der Waals surface area contributed by atoms with E-state index < -0.39 is 0 Å². The summed E-state index contributed by atoms with van der Waals surface area (Å²) in [5.41, 5.74) is 8.22. The van der Waals surface area contributed by atoms with E-state index in [4.69, 9.17) is 23.8 Å². The van der Waals surface area contributed by atoms with E-state index in [1.807, 2.05) is 60.7 Å². The Labute approximate surface area is 274 Å². The fourth-order valence-electron chi connectivity index (χ4n) is 6.80. The van der Waals surface area contributed by atoms with E-state index in [-0.39, 0.29) is 0 Å². The number of aromatic nitrogens is 3. The average molecular weight is 616 g/mol. The molecule has 0 aliphatic carbocycles. The number of rotatable bonds is 4. The van der Waals surface area contributed by atoms with Crippen molar-refractivity contribution in [2.75, 3.05) is 0 Å². The third-order valence-corrected chi connectivity index (χ3v) is 9.11. The molecule has 3 heterocycles. The van der Waals surface area contributed by atoms with E-state index in [1.165, 1.54) is 5.39 Å². The van der Waals surface area contributed by atoms with Gasteiger partial charge in [-0.05, 0) is 64.4 Å². The molecule has 10 aromatic rings. The number of fused-ring (bicyclic) bond motifs is 7. The van der Waals surface area contributed by atoms with Crippen molar-refractivity contribution in [1.82, 2.24) is 15.0 Å². The van der Waals surface area contributed by atoms with Crippen molar-refractivity contribution in [1.29, 1.82) is 0 Å². The predicted octanol–water partition coefficient (Wildman–Crippen LogP) is 11.5. The van der Waals surface area contributed by atoms with Crippen LogP contribution < -0.4 is 0 Å². The summed E-state index contributed by atoms with van der Waals surface area (Å²) in [6.07, 6.45) is 0. The summed E-state index contributed by atoms with van der Waals surface area (Å²) in [7, 11) is 0. The maximum Gasteiger partial charge on any atom is 0.164 e. The minimum atomic E-state index is 0.582. The summed E-state index contributed by atoms with van der Waals surface area (Å²) in [6, 6.07) is 51.7. The lowest BCUT2D eigenvalue weighted by Crippen LogP contribution is -2.00. The molecule has 0 saturated heterocycles. The second-order valence-electron chi connectivity index (χ2n) is 12.0. The van der Waals surface area contributed by atoms with Crippen LogP contribution in [0.3, 0.4) is 0 Å². The van der Waals surface area contributed by atoms with Crippen molar-refractivity contribution < 1.29 is 8.83 Å². The van der Waals surface area contributed by atoms with Gasteiger partial charge >= 0.3 is 0 Å². The van der Waals surface area contributed by atoms with Gasteiger partial charge in [-0.15, -0.1) is 0 Å². The molecule has 5 nitrogen and oxygen atoms in total. The molecule has 10 rings (SSSR count). The summed E-state index contributed by atoms with van der Waals surface area (Å²) in [5, 5.41) is 6.63. The summed E-state index contributed by atoms with van der Waals surface area (Å²) < 4.78 is 12.4. The minimum absolute atomic E-state index is 0.582. The van der Waals surface area contributed by atoms with Crippen LogP contribution >= 0.6 is 0 Å². The molecule has 5 heteroatoms. The van der Waals surface area contributed by atoms with Crippen LogP contribution in [0.5, 0.6) is 0 Å². The molecule has 0 N–H and O–H groups in total. The number of hydrogen-bond acceptors (Lipinski definition) is 5. The van der Waals surface area contributed by atoms with Crippen LogP contribution in [0.25, 0.3) is 99.9 Å². The van der Waals surface area contributed by atoms with Gasteiger partial charge in [-0.25, -0.2) is 15.0 Å². The van der Waals surface area contributed by atoms with Crippen LogP contribution in [0.1, 0.15) is 0 Å². The molecular formula is C43H25N3O2. The Bertz CT molecular complexity index is 2860. The summed E-state index contributed by atoms with van der Waals surface area (Å²) in [4.78, 5) is 15.2. The Kier molecular flexibility index (Phi) is 5.81. The van der Waals surface area contributed by atoms with Crippen LogP contribution in [0, 0.1) is 0 Å². The molecule has 3 aromatic heterocycles. The number of nitrogens with zero attached hydrogens (tertiary/aromatic N) is 3. The van der Waals surface area contributed by atoms with Gasteiger partial charge in [0.05, 0.1) is 0 Å². The lowest BCUT2D eigenvalue weighted by Gasteiger charge is -2.11. The van der Waals surface area contributed by atoms with Crippen LogP contribution in [-0.4, -0.2) is 15.0 Å². The summed E-state index contributed by atoms with van der Waals surface area (Å²) in [6.45, 7) is 0. The maximum absolute atomic E-state index is 6.24. The Morgan fingerprint density at radius 3 is 1.73 bits per heavy atom. The lowest BCUT2D eigenvalue weighted by atomic mass is 9.98. The topological polar surface area (TPSA) is 65.0 Å². The minimum Gasteiger partial charge on any atom is -0.456 e. The highest BCUT2D eigenvalue weighted by molar-refractivity contribution is 6.12. The smallest absolute Gasteiger partial charge is 0.164 e. The van der Waals surface area contributed by atoms with Gasteiger partial charge in [0, 0.05) is 38.2 Å². The molecule has 0 bridgehead atoms. The first-order valence-corrected chi connectivity index (χ1v) is 15.9. The standard InChI is InChI=1S/C43H25N3O2/c1-2-10-27-23-30(20-19-26(27)9-1)42-44-41(45-43(46-42)31-21-22-34-33-13-3-5-16-36(33)48-39(34)25-31)29-12-7-11-28(24-29)32-15-8-18-38-40(32)35-14-4-6-17-37(35)47-38/h1-25H. The normalized spacial score (nSPS) is 11.8. The van der Waals surface area contributed by atoms with Gasteiger partial charge in [-0.1, -0.05) is 109 Å². The fourth-order valence-corrected chi connectivity index (χ4v) is 6.80. The molecule has 48 heavy (non-hydrogen) atoms. The lowest BCUT2D eigenvalue weighted by molar-refractivity contribution is 0.668. The van der Waals surface area contributed by atoms with Crippen LogP contribution in [0.15, 0.2) is 160 Å². The first kappa shape index (κ1) is 26.6. The van der Waals surface area contributed by atoms with E-state index in [2.05, 4.69) is 91.0 Å². The number of para-hydroxylation sites is 2. The third kappa shape index (κ3) is 4.29. The van der Waals surface area contributed by atoms with Crippen LogP contribution in [0.4, 0.5) is 0 Å². The monoisotopic (exact) mass is 615 g/mol. The highest BCUT2D eigenvalue weighted by Gasteiger charge is 2.17. The van der Waals surface area contributed by atoms with Crippen LogP contribution in [-0.2, 0) is 0 Å². The number of hydrogen-bond donors (Lipinski definition) is 0. The van der Waals surface area contributed by atoms with E-state index in [0.717, 1.165) is 77.1 Å². The molecule has 224 valence electrons. The summed E-state index contributed by atoms with van der Waals surface area (Å²) >= 11 is 0. The Balaban J connectivity index is 1.16. The largest absolute Gasteiger partial charge is 0.456 e. The number of furan rings is 2. The molecule has 0 aliphatic heterocycles. The SMILES string of the molecule is c1cc(-c2nc(-c3ccc4ccccc4c3)nc(-c3ccc4c(c3)oc3ccccc34)n2)cc(-c2cccc3oc4ccccc4c23)c1. The van der Waals surface area contributed by atoms with Gasteiger partial charge in [0.1, 0.15) is 22.3 Å². The maximum atomic E-state index is 6.24. The first-order valence-electron chi connectivity index (χ1n) is 15.9. The van der Waals surface area contributed by atoms with E-state index in [0.29, 0.717) is 17.5 Å². The average Bonchev–Trinajstić information content (AvgIpc) is 3.72. The van der Waals surface area contributed by atoms with Crippen molar-refractivity contribution in [3.05, 3.63) is 152 Å². The third-order valence-electron chi connectivity index (χ3n) is 9.11. The van der Waals surface area contributed by atoms with Crippen molar-refractivity contribution in [3.63, 3.8) is 0 Å². The molecule has 0 aliphatic rings. The Hall–Kier alpha value is -6.59. The van der Waals surface area contributed by atoms with E-state index in [1.54, 1.807) is 0 Å². The highest BCUT2D eigenvalue weighted by atomic mass is 16.3. The second-order valence-corrected chi connectivity index (χ2v) is 12.0. The Morgan fingerprint density at radius 2 is 0.896 bits per heavy atom. The first-order chi connectivity index (χ1) is 23.7. The van der Waals surface area contributed by atoms with E-state index in [9.17, 15) is 0 Å². The molecule has 0 unspecified atom stereocenters. The molecule has 7 aromatic carbocycles. The number of benzene rings is 7. The van der Waals surface area contributed by atoms with Gasteiger partial charge in [0.2, 0.25) is 0 Å². The molecular weight excluding hydrogens is 590 g/mol.